The van der Waals surface area contributed by atoms with Crippen molar-refractivity contribution in [3.63, 3.8) is 0 Å². The predicted octanol–water partition coefficient (Wildman–Crippen LogP) is 2.24. The number of aryl methyl sites for hydroxylation is 1. The van der Waals surface area contributed by atoms with E-state index in [9.17, 15) is 4.79 Å². The lowest BCUT2D eigenvalue weighted by atomic mass is 10.0. The van der Waals surface area contributed by atoms with Gasteiger partial charge in [0.2, 0.25) is 0 Å². The maximum atomic E-state index is 12.8. The summed E-state index contributed by atoms with van der Waals surface area (Å²) in [6.07, 6.45) is 4.82. The summed E-state index contributed by atoms with van der Waals surface area (Å²) >= 11 is 0. The molecule has 0 fully saturated rings. The summed E-state index contributed by atoms with van der Waals surface area (Å²) in [5, 5.41) is 7.65. The molecule has 0 saturated heterocycles. The number of methoxy groups -OCH3 is 1. The molecular formula is C20H25N5O2. The van der Waals surface area contributed by atoms with Crippen LogP contribution in [0.2, 0.25) is 0 Å². The van der Waals surface area contributed by atoms with Gasteiger partial charge in [-0.2, -0.15) is 5.10 Å². The van der Waals surface area contributed by atoms with Gasteiger partial charge in [0.25, 0.3) is 0 Å². The molecule has 7 heteroatoms. The number of benzene rings is 1. The molecule has 2 aromatic rings. The summed E-state index contributed by atoms with van der Waals surface area (Å²) in [5.74, 6) is 1.67. The highest BCUT2D eigenvalue weighted by Crippen LogP contribution is 2.21. The summed E-state index contributed by atoms with van der Waals surface area (Å²) in [6.45, 7) is 2.48. The smallest absolute Gasteiger partial charge is 0.317 e. The predicted molar refractivity (Wildman–Crippen MR) is 102 cm³/mol. The van der Waals surface area contributed by atoms with Crippen molar-refractivity contribution < 1.29 is 9.53 Å². The first-order valence-corrected chi connectivity index (χ1v) is 9.44. The minimum absolute atomic E-state index is 0.00205. The zero-order valence-corrected chi connectivity index (χ0v) is 15.6. The number of hydrogen-bond donors (Lipinski definition) is 1. The molecule has 7 nitrogen and oxygen atoms in total. The Labute approximate surface area is 159 Å². The number of ether oxygens (including phenoxy) is 1. The van der Waals surface area contributed by atoms with Crippen molar-refractivity contribution in [2.45, 2.75) is 38.5 Å². The number of hydrogen-bond acceptors (Lipinski definition) is 4. The van der Waals surface area contributed by atoms with E-state index in [0.717, 1.165) is 31.6 Å². The molecule has 0 saturated carbocycles. The largest absolute Gasteiger partial charge is 0.377 e. The van der Waals surface area contributed by atoms with Crippen molar-refractivity contribution in [1.29, 1.82) is 0 Å². The van der Waals surface area contributed by atoms with Crippen LogP contribution in [0.5, 0.6) is 0 Å². The summed E-state index contributed by atoms with van der Waals surface area (Å²) in [4.78, 5) is 19.2. The van der Waals surface area contributed by atoms with Crippen molar-refractivity contribution in [2.24, 2.45) is 0 Å². The maximum absolute atomic E-state index is 12.8. The van der Waals surface area contributed by atoms with Gasteiger partial charge in [-0.15, -0.1) is 0 Å². The lowest BCUT2D eigenvalue weighted by Crippen LogP contribution is -2.49. The molecule has 142 valence electrons. The van der Waals surface area contributed by atoms with E-state index in [1.54, 1.807) is 7.11 Å². The molecule has 4 rings (SSSR count). The van der Waals surface area contributed by atoms with E-state index >= 15 is 0 Å². The molecular weight excluding hydrogens is 342 g/mol. The third-order valence-corrected chi connectivity index (χ3v) is 5.09. The van der Waals surface area contributed by atoms with Crippen LogP contribution < -0.4 is 5.32 Å². The Bertz CT molecular complexity index is 830. The van der Waals surface area contributed by atoms with Gasteiger partial charge >= 0.3 is 6.03 Å². The molecule has 1 atom stereocenters. The molecule has 1 aromatic heterocycles. The number of aromatic nitrogens is 3. The van der Waals surface area contributed by atoms with Crippen LogP contribution in [0.4, 0.5) is 4.79 Å². The Morgan fingerprint density at radius 3 is 3.00 bits per heavy atom. The minimum Gasteiger partial charge on any atom is -0.377 e. The van der Waals surface area contributed by atoms with Crippen LogP contribution in [0.15, 0.2) is 36.4 Å². The van der Waals surface area contributed by atoms with Crippen LogP contribution in [0.3, 0.4) is 0 Å². The number of rotatable bonds is 4. The number of urea groups is 1. The second kappa shape index (κ2) is 7.92. The normalized spacial score (nSPS) is 19.4. The van der Waals surface area contributed by atoms with Gasteiger partial charge in [-0.1, -0.05) is 36.4 Å². The summed E-state index contributed by atoms with van der Waals surface area (Å²) in [5.41, 5.74) is 2.40. The molecule has 1 N–H and O–H groups in total. The fourth-order valence-corrected chi connectivity index (χ4v) is 3.71. The second-order valence-electron chi connectivity index (χ2n) is 7.05. The third-order valence-electron chi connectivity index (χ3n) is 5.09. The van der Waals surface area contributed by atoms with E-state index < -0.39 is 0 Å². The van der Waals surface area contributed by atoms with E-state index in [1.165, 1.54) is 11.1 Å². The molecule has 0 spiro atoms. The number of nitrogens with zero attached hydrogens (tertiary/aromatic N) is 4. The van der Waals surface area contributed by atoms with E-state index in [0.29, 0.717) is 25.5 Å². The maximum Gasteiger partial charge on any atom is 0.317 e. The van der Waals surface area contributed by atoms with Crippen molar-refractivity contribution in [3.05, 3.63) is 53.6 Å². The Kier molecular flexibility index (Phi) is 5.20. The van der Waals surface area contributed by atoms with Crippen molar-refractivity contribution in [2.75, 3.05) is 20.2 Å². The van der Waals surface area contributed by atoms with E-state index in [2.05, 4.69) is 33.6 Å². The Morgan fingerprint density at radius 1 is 1.33 bits per heavy atom. The van der Waals surface area contributed by atoms with Gasteiger partial charge in [0, 0.05) is 26.6 Å². The highest BCUT2D eigenvalue weighted by molar-refractivity contribution is 5.79. The fourth-order valence-electron chi connectivity index (χ4n) is 3.71. The first-order chi connectivity index (χ1) is 13.2. The van der Waals surface area contributed by atoms with Crippen LogP contribution in [-0.2, 0) is 24.3 Å². The fraction of sp³-hybridized carbons (Fsp3) is 0.450. The van der Waals surface area contributed by atoms with Gasteiger partial charge in [-0.05, 0) is 24.0 Å². The Hall–Kier alpha value is -2.67. The molecule has 2 aliphatic rings. The van der Waals surface area contributed by atoms with Crippen LogP contribution in [0.25, 0.3) is 5.57 Å². The second-order valence-corrected chi connectivity index (χ2v) is 7.05. The van der Waals surface area contributed by atoms with Crippen LogP contribution in [-0.4, -0.2) is 51.9 Å². The molecule has 0 radical (unpaired) electrons. The van der Waals surface area contributed by atoms with Crippen LogP contribution in [0.1, 0.15) is 30.1 Å². The highest BCUT2D eigenvalue weighted by Gasteiger charge is 2.26. The zero-order valence-electron chi connectivity index (χ0n) is 15.6. The van der Waals surface area contributed by atoms with Gasteiger partial charge in [-0.3, -0.25) is 0 Å². The molecule has 1 aromatic carbocycles. The van der Waals surface area contributed by atoms with Gasteiger partial charge in [-0.25, -0.2) is 14.5 Å². The van der Waals surface area contributed by atoms with Crippen molar-refractivity contribution in [1.82, 2.24) is 25.0 Å². The average Bonchev–Trinajstić information content (AvgIpc) is 3.11. The lowest BCUT2D eigenvalue weighted by molar-refractivity contribution is 0.177. The number of carbonyl (C=O) groups excluding carboxylic acids is 1. The molecule has 0 bridgehead atoms. The van der Waals surface area contributed by atoms with E-state index in [-0.39, 0.29) is 12.1 Å². The number of nitrogens with one attached hydrogen (secondary N) is 1. The molecule has 27 heavy (non-hydrogen) atoms. The molecule has 2 aliphatic heterocycles. The zero-order chi connectivity index (χ0) is 18.6. The third kappa shape index (κ3) is 4.03. The first-order valence-electron chi connectivity index (χ1n) is 9.44. The first kappa shape index (κ1) is 17.7. The molecule has 3 heterocycles. The topological polar surface area (TPSA) is 72.3 Å². The quantitative estimate of drug-likeness (QED) is 0.900. The van der Waals surface area contributed by atoms with E-state index in [4.69, 9.17) is 4.74 Å². The van der Waals surface area contributed by atoms with Gasteiger partial charge in [0.1, 0.15) is 12.4 Å². The standard InChI is InChI=1S/C20H25N5O2/c1-27-14-18-22-19-10-9-17(13-25(19)23-18)21-20(26)24-11-5-8-16(12-24)15-6-3-2-4-7-15/h2-4,6-8,17H,5,9-14H2,1H3,(H,21,26). The van der Waals surface area contributed by atoms with Gasteiger partial charge < -0.3 is 15.0 Å². The number of carbonyl (C=O) groups is 1. The van der Waals surface area contributed by atoms with Crippen LogP contribution >= 0.6 is 0 Å². The molecule has 2 amide bonds. The average molecular weight is 367 g/mol. The SMILES string of the molecule is COCc1nc2n(n1)CC(NC(=O)N1CCC=C(c3ccccc3)C1)CC2. The van der Waals surface area contributed by atoms with Crippen molar-refractivity contribution in [3.8, 4) is 0 Å². The van der Waals surface area contributed by atoms with Gasteiger partial charge in [0.05, 0.1) is 12.6 Å². The minimum atomic E-state index is 0.00205. The van der Waals surface area contributed by atoms with Crippen molar-refractivity contribution >= 4 is 11.6 Å². The summed E-state index contributed by atoms with van der Waals surface area (Å²) in [7, 11) is 1.64. The Morgan fingerprint density at radius 2 is 2.19 bits per heavy atom. The number of amides is 2. The molecule has 1 unspecified atom stereocenters. The Balaban J connectivity index is 1.36. The molecule has 0 aliphatic carbocycles. The van der Waals surface area contributed by atoms with Crippen LogP contribution in [0, 0.1) is 0 Å². The lowest BCUT2D eigenvalue weighted by Gasteiger charge is -2.31. The highest BCUT2D eigenvalue weighted by atomic mass is 16.5. The monoisotopic (exact) mass is 367 g/mol. The van der Waals surface area contributed by atoms with Gasteiger partial charge in [0.15, 0.2) is 5.82 Å². The summed E-state index contributed by atoms with van der Waals surface area (Å²) < 4.78 is 7.00. The van der Waals surface area contributed by atoms with E-state index in [1.807, 2.05) is 27.8 Å². The summed E-state index contributed by atoms with van der Waals surface area (Å²) in [6, 6.07) is 10.3. The number of fused-ring (bicyclic) bond motifs is 1.